The van der Waals surface area contributed by atoms with Crippen molar-refractivity contribution in [2.45, 2.75) is 37.6 Å². The number of benzene rings is 3. The van der Waals surface area contributed by atoms with Crippen molar-refractivity contribution >= 4 is 17.6 Å². The molecule has 1 aliphatic heterocycles. The van der Waals surface area contributed by atoms with Gasteiger partial charge in [0, 0.05) is 11.1 Å². The van der Waals surface area contributed by atoms with Crippen LogP contribution in [0.1, 0.15) is 47.3 Å². The molecule has 0 bridgehead atoms. The highest BCUT2D eigenvalue weighted by Crippen LogP contribution is 2.73. The van der Waals surface area contributed by atoms with E-state index in [1.807, 2.05) is 13.8 Å². The Morgan fingerprint density at radius 2 is 1.73 bits per heavy atom. The van der Waals surface area contributed by atoms with Gasteiger partial charge in [0.1, 0.15) is 11.6 Å². The monoisotopic (exact) mass is 447 g/mol. The lowest BCUT2D eigenvalue weighted by Crippen LogP contribution is -2.38. The molecule has 1 N–H and O–H groups in total. The predicted octanol–water partition coefficient (Wildman–Crippen LogP) is 5.45. The van der Waals surface area contributed by atoms with Crippen molar-refractivity contribution < 1.29 is 23.5 Å². The van der Waals surface area contributed by atoms with Gasteiger partial charge in [0.05, 0.1) is 17.5 Å². The standard InChI is InChI=1S/C27H23F2NO3/c1-16(2)26(19-6-8-20(28)9-7-19)15-27(26)22-13-21(29)10-11-23(22)30(25(27)33)14-17-4-3-5-18(12-17)24(31)32/h3-13,16H,14-15H2,1-2H3,(H,31,32)/t26-,27-/m0/s1. The Hall–Kier alpha value is -3.54. The van der Waals surface area contributed by atoms with Gasteiger partial charge in [-0.15, -0.1) is 0 Å². The minimum Gasteiger partial charge on any atom is -0.478 e. The normalized spacial score (nSPS) is 23.3. The lowest BCUT2D eigenvalue weighted by Gasteiger charge is -2.27. The molecule has 33 heavy (non-hydrogen) atoms. The van der Waals surface area contributed by atoms with Crippen LogP contribution in [0.4, 0.5) is 14.5 Å². The first-order valence-corrected chi connectivity index (χ1v) is 10.9. The molecule has 2 atom stereocenters. The first kappa shape index (κ1) is 21.3. The molecule has 1 amide bonds. The zero-order chi connectivity index (χ0) is 23.5. The van der Waals surface area contributed by atoms with Crippen molar-refractivity contribution in [2.75, 3.05) is 4.90 Å². The van der Waals surface area contributed by atoms with Gasteiger partial charge in [-0.25, -0.2) is 13.6 Å². The minimum atomic E-state index is -1.04. The Morgan fingerprint density at radius 1 is 1.03 bits per heavy atom. The van der Waals surface area contributed by atoms with E-state index >= 15 is 0 Å². The number of hydrogen-bond donors (Lipinski definition) is 1. The van der Waals surface area contributed by atoms with Gasteiger partial charge in [0.25, 0.3) is 0 Å². The third kappa shape index (κ3) is 2.93. The number of rotatable bonds is 5. The van der Waals surface area contributed by atoms with E-state index in [2.05, 4.69) is 0 Å². The number of nitrogens with zero attached hydrogens (tertiary/aromatic N) is 1. The molecule has 3 aromatic rings. The second-order valence-corrected chi connectivity index (χ2v) is 9.27. The van der Waals surface area contributed by atoms with Crippen molar-refractivity contribution in [1.29, 1.82) is 0 Å². The van der Waals surface area contributed by atoms with E-state index in [9.17, 15) is 23.5 Å². The number of carboxylic acid groups (broad SMARTS) is 1. The van der Waals surface area contributed by atoms with Crippen LogP contribution >= 0.6 is 0 Å². The molecule has 168 valence electrons. The molecule has 6 heteroatoms. The molecule has 1 heterocycles. The lowest BCUT2D eigenvalue weighted by atomic mass is 9.75. The molecular formula is C27H23F2NO3. The maximum Gasteiger partial charge on any atom is 0.335 e. The fraction of sp³-hybridized carbons (Fsp3) is 0.259. The van der Waals surface area contributed by atoms with Crippen LogP contribution < -0.4 is 4.90 Å². The van der Waals surface area contributed by atoms with Gasteiger partial charge in [0.2, 0.25) is 5.91 Å². The van der Waals surface area contributed by atoms with Crippen LogP contribution in [0.3, 0.4) is 0 Å². The van der Waals surface area contributed by atoms with E-state index in [1.54, 1.807) is 41.3 Å². The number of hydrogen-bond acceptors (Lipinski definition) is 2. The summed E-state index contributed by atoms with van der Waals surface area (Å²) in [6.45, 7) is 4.24. The largest absolute Gasteiger partial charge is 0.478 e. The molecule has 4 nitrogen and oxygen atoms in total. The summed E-state index contributed by atoms with van der Waals surface area (Å²) in [5, 5.41) is 9.33. The van der Waals surface area contributed by atoms with E-state index in [1.165, 1.54) is 30.3 Å². The second-order valence-electron chi connectivity index (χ2n) is 9.27. The molecule has 3 aromatic carbocycles. The van der Waals surface area contributed by atoms with Crippen molar-refractivity contribution in [2.24, 2.45) is 5.92 Å². The fourth-order valence-electron chi connectivity index (χ4n) is 5.78. The van der Waals surface area contributed by atoms with E-state index in [0.29, 0.717) is 23.2 Å². The predicted molar refractivity (Wildman–Crippen MR) is 120 cm³/mol. The van der Waals surface area contributed by atoms with Gasteiger partial charge in [-0.3, -0.25) is 4.79 Å². The van der Waals surface area contributed by atoms with Crippen LogP contribution in [-0.4, -0.2) is 17.0 Å². The summed E-state index contributed by atoms with van der Waals surface area (Å²) < 4.78 is 28.1. The van der Waals surface area contributed by atoms with E-state index < -0.39 is 22.6 Å². The van der Waals surface area contributed by atoms with Gasteiger partial charge in [-0.2, -0.15) is 0 Å². The molecular weight excluding hydrogens is 424 g/mol. The maximum absolute atomic E-state index is 14.4. The van der Waals surface area contributed by atoms with Crippen LogP contribution in [0.15, 0.2) is 66.7 Å². The quantitative estimate of drug-likeness (QED) is 0.566. The Bertz CT molecular complexity index is 1290. The van der Waals surface area contributed by atoms with Gasteiger partial charge in [-0.05, 0) is 71.5 Å². The number of carbonyl (C=O) groups excluding carboxylic acids is 1. The molecule has 5 rings (SSSR count). The third-order valence-electron chi connectivity index (χ3n) is 7.36. The summed E-state index contributed by atoms with van der Waals surface area (Å²) in [6, 6.07) is 17.1. The van der Waals surface area contributed by atoms with Crippen molar-refractivity contribution in [3.63, 3.8) is 0 Å². The summed E-state index contributed by atoms with van der Waals surface area (Å²) in [6.07, 6.45) is 0.504. The van der Waals surface area contributed by atoms with Crippen LogP contribution in [0.25, 0.3) is 0 Å². The van der Waals surface area contributed by atoms with E-state index in [0.717, 1.165) is 5.56 Å². The molecule has 0 radical (unpaired) electrons. The van der Waals surface area contributed by atoms with E-state index in [4.69, 9.17) is 0 Å². The lowest BCUT2D eigenvalue weighted by molar-refractivity contribution is -0.121. The number of carbonyl (C=O) groups is 2. The van der Waals surface area contributed by atoms with Gasteiger partial charge in [-0.1, -0.05) is 38.1 Å². The third-order valence-corrected chi connectivity index (χ3v) is 7.36. The number of amides is 1. The Labute approximate surface area is 190 Å². The van der Waals surface area contributed by atoms with Gasteiger partial charge >= 0.3 is 5.97 Å². The van der Waals surface area contributed by atoms with Crippen LogP contribution in [0.5, 0.6) is 0 Å². The first-order chi connectivity index (χ1) is 15.7. The molecule has 1 fully saturated rings. The Balaban J connectivity index is 1.63. The summed E-state index contributed by atoms with van der Waals surface area (Å²) in [5.74, 6) is -1.91. The van der Waals surface area contributed by atoms with Crippen LogP contribution in [-0.2, 0) is 22.2 Å². The second kappa shape index (κ2) is 7.24. The molecule has 0 unspecified atom stereocenters. The number of halogens is 2. The minimum absolute atomic E-state index is 0.0401. The van der Waals surface area contributed by atoms with Crippen molar-refractivity contribution in [3.8, 4) is 0 Å². The number of anilines is 1. The fourth-order valence-corrected chi connectivity index (χ4v) is 5.78. The number of carboxylic acids is 1. The van der Waals surface area contributed by atoms with Crippen LogP contribution in [0, 0.1) is 17.6 Å². The topological polar surface area (TPSA) is 57.6 Å². The van der Waals surface area contributed by atoms with Gasteiger partial charge in [0.15, 0.2) is 0 Å². The number of fused-ring (bicyclic) bond motifs is 2. The molecule has 1 saturated carbocycles. The molecule has 0 saturated heterocycles. The molecule has 1 spiro atoms. The SMILES string of the molecule is CC(C)[C@]1(c2ccc(F)cc2)C[C@]12C(=O)N(Cc1cccc(C(=O)O)c1)c1ccc(F)cc12. The smallest absolute Gasteiger partial charge is 0.335 e. The average Bonchev–Trinajstić information content (AvgIpc) is 3.45. The summed E-state index contributed by atoms with van der Waals surface area (Å²) in [4.78, 5) is 27.1. The number of aromatic carboxylic acids is 1. The highest BCUT2D eigenvalue weighted by molar-refractivity contribution is 6.12. The summed E-state index contributed by atoms with van der Waals surface area (Å²) >= 11 is 0. The van der Waals surface area contributed by atoms with Crippen LogP contribution in [0.2, 0.25) is 0 Å². The molecule has 1 aliphatic carbocycles. The maximum atomic E-state index is 14.4. The molecule has 0 aromatic heterocycles. The zero-order valence-corrected chi connectivity index (χ0v) is 18.3. The molecule has 2 aliphatic rings. The first-order valence-electron chi connectivity index (χ1n) is 10.9. The Morgan fingerprint density at radius 3 is 2.39 bits per heavy atom. The van der Waals surface area contributed by atoms with Crippen molar-refractivity contribution in [1.82, 2.24) is 0 Å². The van der Waals surface area contributed by atoms with Crippen molar-refractivity contribution in [3.05, 3.63) is 101 Å². The Kier molecular flexibility index (Phi) is 4.67. The van der Waals surface area contributed by atoms with E-state index in [-0.39, 0.29) is 29.8 Å². The highest BCUT2D eigenvalue weighted by atomic mass is 19.1. The average molecular weight is 447 g/mol. The summed E-state index contributed by atoms with van der Waals surface area (Å²) in [5.41, 5.74) is 1.42. The highest BCUT2D eigenvalue weighted by Gasteiger charge is 2.77. The van der Waals surface area contributed by atoms with Gasteiger partial charge < -0.3 is 10.0 Å². The summed E-state index contributed by atoms with van der Waals surface area (Å²) in [7, 11) is 0. The zero-order valence-electron chi connectivity index (χ0n) is 18.3.